The van der Waals surface area contributed by atoms with Crippen molar-refractivity contribution >= 4 is 5.91 Å². The molecular formula is C15H18N2O3. The van der Waals surface area contributed by atoms with Crippen molar-refractivity contribution in [2.24, 2.45) is 5.92 Å². The van der Waals surface area contributed by atoms with Gasteiger partial charge >= 0.3 is 0 Å². The van der Waals surface area contributed by atoms with Gasteiger partial charge in [-0.3, -0.25) is 9.69 Å². The van der Waals surface area contributed by atoms with Crippen molar-refractivity contribution in [3.8, 4) is 11.5 Å². The minimum Gasteiger partial charge on any atom is -0.454 e. The van der Waals surface area contributed by atoms with Gasteiger partial charge in [0.05, 0.1) is 6.17 Å². The molecular weight excluding hydrogens is 256 g/mol. The van der Waals surface area contributed by atoms with Crippen LogP contribution in [-0.2, 0) is 0 Å². The third-order valence-corrected chi connectivity index (χ3v) is 4.58. The molecule has 4 aliphatic heterocycles. The zero-order chi connectivity index (χ0) is 13.5. The first-order valence-electron chi connectivity index (χ1n) is 7.24. The molecule has 0 aromatic heterocycles. The molecule has 0 spiro atoms. The van der Waals surface area contributed by atoms with E-state index in [9.17, 15) is 4.79 Å². The summed E-state index contributed by atoms with van der Waals surface area (Å²) in [7, 11) is 0. The van der Waals surface area contributed by atoms with E-state index in [4.69, 9.17) is 9.47 Å². The topological polar surface area (TPSA) is 50.8 Å². The van der Waals surface area contributed by atoms with Crippen molar-refractivity contribution in [1.29, 1.82) is 0 Å². The van der Waals surface area contributed by atoms with Gasteiger partial charge in [0, 0.05) is 18.7 Å². The molecule has 0 aliphatic carbocycles. The van der Waals surface area contributed by atoms with Gasteiger partial charge in [-0.05, 0) is 43.4 Å². The number of fused-ring (bicyclic) bond motifs is 4. The number of hydrogen-bond acceptors (Lipinski definition) is 4. The second-order valence-electron chi connectivity index (χ2n) is 5.77. The fourth-order valence-corrected chi connectivity index (χ4v) is 3.39. The normalized spacial score (nSPS) is 30.3. The largest absolute Gasteiger partial charge is 0.454 e. The minimum atomic E-state index is -0.0270. The third-order valence-electron chi connectivity index (χ3n) is 4.58. The Morgan fingerprint density at radius 2 is 2.00 bits per heavy atom. The van der Waals surface area contributed by atoms with Crippen molar-refractivity contribution in [2.45, 2.75) is 25.4 Å². The van der Waals surface area contributed by atoms with Gasteiger partial charge in [-0.25, -0.2) is 0 Å². The van der Waals surface area contributed by atoms with Crippen LogP contribution in [0.1, 0.15) is 29.6 Å². The lowest BCUT2D eigenvalue weighted by molar-refractivity contribution is 0.0295. The molecule has 3 saturated heterocycles. The number of benzene rings is 1. The maximum atomic E-state index is 12.4. The molecule has 1 amide bonds. The molecule has 5 heteroatoms. The smallest absolute Gasteiger partial charge is 0.252 e. The van der Waals surface area contributed by atoms with E-state index < -0.39 is 0 Å². The summed E-state index contributed by atoms with van der Waals surface area (Å²) in [6.45, 7) is 2.45. The molecule has 4 aliphatic rings. The predicted molar refractivity (Wildman–Crippen MR) is 72.7 cm³/mol. The average Bonchev–Trinajstić information content (AvgIpc) is 2.96. The van der Waals surface area contributed by atoms with E-state index in [1.807, 2.05) is 0 Å². The molecule has 1 aromatic carbocycles. The summed E-state index contributed by atoms with van der Waals surface area (Å²) >= 11 is 0. The Kier molecular flexibility index (Phi) is 2.80. The maximum Gasteiger partial charge on any atom is 0.252 e. The van der Waals surface area contributed by atoms with Gasteiger partial charge in [-0.15, -0.1) is 0 Å². The molecule has 20 heavy (non-hydrogen) atoms. The quantitative estimate of drug-likeness (QED) is 0.889. The van der Waals surface area contributed by atoms with Crippen LogP contribution in [0.25, 0.3) is 0 Å². The van der Waals surface area contributed by atoms with E-state index in [1.54, 1.807) is 18.2 Å². The molecule has 106 valence electrons. The second kappa shape index (κ2) is 4.66. The van der Waals surface area contributed by atoms with Gasteiger partial charge in [0.2, 0.25) is 6.79 Å². The van der Waals surface area contributed by atoms with E-state index in [0.29, 0.717) is 17.1 Å². The Bertz CT molecular complexity index is 538. The van der Waals surface area contributed by atoms with Crippen molar-refractivity contribution in [3.63, 3.8) is 0 Å². The third kappa shape index (κ3) is 2.02. The van der Waals surface area contributed by atoms with E-state index in [1.165, 1.54) is 12.8 Å². The number of carbonyl (C=O) groups excluding carboxylic acids is 1. The zero-order valence-corrected chi connectivity index (χ0v) is 11.3. The summed E-state index contributed by atoms with van der Waals surface area (Å²) < 4.78 is 10.6. The first kappa shape index (κ1) is 12.0. The summed E-state index contributed by atoms with van der Waals surface area (Å²) in [4.78, 5) is 14.7. The molecule has 1 N–H and O–H groups in total. The van der Waals surface area contributed by atoms with Gasteiger partial charge in [-0.1, -0.05) is 0 Å². The number of amides is 1. The van der Waals surface area contributed by atoms with E-state index >= 15 is 0 Å². The predicted octanol–water partition coefficient (Wildman–Crippen LogP) is 1.59. The number of hydrogen-bond donors (Lipinski definition) is 1. The van der Waals surface area contributed by atoms with Crippen LogP contribution in [0.5, 0.6) is 11.5 Å². The van der Waals surface area contributed by atoms with Crippen LogP contribution in [0.2, 0.25) is 0 Å². The van der Waals surface area contributed by atoms with Gasteiger partial charge < -0.3 is 14.8 Å². The Morgan fingerprint density at radius 1 is 1.20 bits per heavy atom. The highest BCUT2D eigenvalue weighted by Gasteiger charge is 2.34. The molecule has 0 radical (unpaired) electrons. The number of nitrogens with zero attached hydrogens (tertiary/aromatic N) is 1. The van der Waals surface area contributed by atoms with Crippen LogP contribution in [0.3, 0.4) is 0 Å². The minimum absolute atomic E-state index is 0.0270. The fourth-order valence-electron chi connectivity index (χ4n) is 3.39. The highest BCUT2D eigenvalue weighted by atomic mass is 16.7. The summed E-state index contributed by atoms with van der Waals surface area (Å²) in [6.07, 6.45) is 3.82. The van der Waals surface area contributed by atoms with Crippen LogP contribution in [0, 0.1) is 5.92 Å². The van der Waals surface area contributed by atoms with Crippen molar-refractivity contribution < 1.29 is 14.3 Å². The Morgan fingerprint density at radius 3 is 2.75 bits per heavy atom. The average molecular weight is 274 g/mol. The van der Waals surface area contributed by atoms with E-state index in [2.05, 4.69) is 10.2 Å². The first-order chi connectivity index (χ1) is 9.79. The summed E-state index contributed by atoms with van der Waals surface area (Å²) in [5.41, 5.74) is 0.636. The van der Waals surface area contributed by atoms with Gasteiger partial charge in [0.1, 0.15) is 0 Å². The lowest BCUT2D eigenvalue weighted by atomic mass is 9.86. The van der Waals surface area contributed by atoms with Crippen LogP contribution in [0.4, 0.5) is 0 Å². The summed E-state index contributed by atoms with van der Waals surface area (Å²) in [6, 6.07) is 5.35. The lowest BCUT2D eigenvalue weighted by Crippen LogP contribution is -2.56. The molecule has 1 aromatic rings. The van der Waals surface area contributed by atoms with Gasteiger partial charge in [-0.2, -0.15) is 0 Å². The fraction of sp³-hybridized carbons (Fsp3) is 0.533. The zero-order valence-electron chi connectivity index (χ0n) is 11.3. The first-order valence-corrected chi connectivity index (χ1v) is 7.24. The standard InChI is InChI=1S/C15H18N2O3/c18-15(11-1-2-12-13(8-11)20-9-19-12)16-14-7-10-3-5-17(14)6-4-10/h1-2,8,10,14H,3-7,9H2,(H,16,18). The van der Waals surface area contributed by atoms with E-state index in [-0.39, 0.29) is 18.9 Å². The molecule has 4 heterocycles. The summed E-state index contributed by atoms with van der Waals surface area (Å²) in [5.74, 6) is 2.12. The Balaban J connectivity index is 1.48. The number of nitrogens with one attached hydrogen (secondary N) is 1. The van der Waals surface area contributed by atoms with Crippen LogP contribution in [0.15, 0.2) is 18.2 Å². The number of rotatable bonds is 2. The molecule has 2 bridgehead atoms. The maximum absolute atomic E-state index is 12.4. The lowest BCUT2D eigenvalue weighted by Gasteiger charge is -2.45. The molecule has 1 atom stereocenters. The molecule has 5 nitrogen and oxygen atoms in total. The molecule has 1 unspecified atom stereocenters. The monoisotopic (exact) mass is 274 g/mol. The van der Waals surface area contributed by atoms with Crippen molar-refractivity contribution in [3.05, 3.63) is 23.8 Å². The van der Waals surface area contributed by atoms with Crippen molar-refractivity contribution in [1.82, 2.24) is 10.2 Å². The number of ether oxygens (including phenoxy) is 2. The van der Waals surface area contributed by atoms with Crippen LogP contribution in [-0.4, -0.2) is 36.9 Å². The van der Waals surface area contributed by atoms with Gasteiger partial charge in [0.25, 0.3) is 5.91 Å². The molecule has 0 saturated carbocycles. The highest BCUT2D eigenvalue weighted by molar-refractivity contribution is 5.95. The highest BCUT2D eigenvalue weighted by Crippen LogP contribution is 2.33. The van der Waals surface area contributed by atoms with Crippen LogP contribution < -0.4 is 14.8 Å². The second-order valence-corrected chi connectivity index (χ2v) is 5.77. The molecule has 3 fully saturated rings. The summed E-state index contributed by atoms with van der Waals surface area (Å²) in [5, 5.41) is 3.15. The number of carbonyl (C=O) groups is 1. The van der Waals surface area contributed by atoms with E-state index in [0.717, 1.165) is 25.4 Å². The SMILES string of the molecule is O=C(NC1CC2CCN1CC2)c1ccc2c(c1)OCO2. The Labute approximate surface area is 117 Å². The number of piperidine rings is 3. The van der Waals surface area contributed by atoms with Crippen LogP contribution >= 0.6 is 0 Å². The van der Waals surface area contributed by atoms with Crippen molar-refractivity contribution in [2.75, 3.05) is 19.9 Å². The Hall–Kier alpha value is -1.75. The van der Waals surface area contributed by atoms with Gasteiger partial charge in [0.15, 0.2) is 11.5 Å². The molecule has 5 rings (SSSR count).